The van der Waals surface area contributed by atoms with Gasteiger partial charge in [-0.15, -0.1) is 0 Å². The Hall–Kier alpha value is -1.77. The quantitative estimate of drug-likeness (QED) is 0.456. The van der Waals surface area contributed by atoms with Gasteiger partial charge >= 0.3 is 5.97 Å². The first-order chi connectivity index (χ1) is 9.64. The SMILES string of the molecule is COC(=O)/C=C/Oc1ccc(C(C)(C)CC(C)(C)C)cc1. The molecule has 0 fully saturated rings. The van der Waals surface area contributed by atoms with Gasteiger partial charge in [0.15, 0.2) is 0 Å². The van der Waals surface area contributed by atoms with Crippen molar-refractivity contribution in [3.05, 3.63) is 42.2 Å². The first-order valence-corrected chi connectivity index (χ1v) is 7.16. The normalized spacial score (nSPS) is 12.5. The van der Waals surface area contributed by atoms with E-state index >= 15 is 0 Å². The fraction of sp³-hybridized carbons (Fsp3) is 0.500. The number of carbonyl (C=O) groups is 1. The van der Waals surface area contributed by atoms with Crippen LogP contribution in [0.4, 0.5) is 0 Å². The van der Waals surface area contributed by atoms with E-state index in [1.54, 1.807) is 0 Å². The molecule has 0 radical (unpaired) electrons. The lowest BCUT2D eigenvalue weighted by Crippen LogP contribution is -2.24. The van der Waals surface area contributed by atoms with E-state index < -0.39 is 5.97 Å². The summed E-state index contributed by atoms with van der Waals surface area (Å²) in [7, 11) is 1.33. The summed E-state index contributed by atoms with van der Waals surface area (Å²) in [4.78, 5) is 10.9. The van der Waals surface area contributed by atoms with Crippen LogP contribution in [-0.2, 0) is 14.9 Å². The van der Waals surface area contributed by atoms with Gasteiger partial charge < -0.3 is 9.47 Å². The monoisotopic (exact) mass is 290 g/mol. The van der Waals surface area contributed by atoms with Crippen LogP contribution in [0.3, 0.4) is 0 Å². The second-order valence-corrected chi connectivity index (χ2v) is 7.09. The minimum Gasteiger partial charge on any atom is -0.466 e. The van der Waals surface area contributed by atoms with E-state index in [9.17, 15) is 4.79 Å². The van der Waals surface area contributed by atoms with Gasteiger partial charge in [0.1, 0.15) is 5.75 Å². The van der Waals surface area contributed by atoms with Gasteiger partial charge in [0.2, 0.25) is 0 Å². The van der Waals surface area contributed by atoms with Gasteiger partial charge in [-0.25, -0.2) is 4.79 Å². The zero-order chi connectivity index (χ0) is 16.1. The number of methoxy groups -OCH3 is 1. The van der Waals surface area contributed by atoms with Crippen LogP contribution in [0.15, 0.2) is 36.6 Å². The Morgan fingerprint density at radius 1 is 1.10 bits per heavy atom. The number of esters is 1. The molecule has 0 heterocycles. The van der Waals surface area contributed by atoms with Crippen LogP contribution in [0.25, 0.3) is 0 Å². The number of hydrogen-bond acceptors (Lipinski definition) is 3. The predicted octanol–water partition coefficient (Wildman–Crippen LogP) is 4.47. The van der Waals surface area contributed by atoms with E-state index in [1.807, 2.05) is 12.1 Å². The Morgan fingerprint density at radius 2 is 1.67 bits per heavy atom. The highest BCUT2D eigenvalue weighted by molar-refractivity contribution is 5.81. The summed E-state index contributed by atoms with van der Waals surface area (Å²) >= 11 is 0. The molecule has 0 saturated carbocycles. The van der Waals surface area contributed by atoms with Crippen molar-refractivity contribution in [3.63, 3.8) is 0 Å². The molecule has 0 saturated heterocycles. The van der Waals surface area contributed by atoms with Crippen LogP contribution in [-0.4, -0.2) is 13.1 Å². The summed E-state index contributed by atoms with van der Waals surface area (Å²) in [5.74, 6) is 0.267. The molecule has 1 aromatic rings. The van der Waals surface area contributed by atoms with E-state index in [4.69, 9.17) is 4.74 Å². The number of carbonyl (C=O) groups excluding carboxylic acids is 1. The molecule has 1 rings (SSSR count). The first-order valence-electron chi connectivity index (χ1n) is 7.16. The number of hydrogen-bond donors (Lipinski definition) is 0. The highest BCUT2D eigenvalue weighted by Crippen LogP contribution is 2.36. The zero-order valence-corrected chi connectivity index (χ0v) is 13.9. The molecule has 21 heavy (non-hydrogen) atoms. The molecular weight excluding hydrogens is 264 g/mol. The standard InChI is InChI=1S/C18H26O3/c1-17(2,3)13-18(4,5)14-7-9-15(10-8-14)21-12-11-16(19)20-6/h7-12H,13H2,1-6H3/b12-11+. The van der Waals surface area contributed by atoms with E-state index in [2.05, 4.69) is 51.5 Å². The van der Waals surface area contributed by atoms with Crippen molar-refractivity contribution >= 4 is 5.97 Å². The van der Waals surface area contributed by atoms with Gasteiger partial charge in [0, 0.05) is 0 Å². The third kappa shape index (κ3) is 6.03. The summed E-state index contributed by atoms with van der Waals surface area (Å²) < 4.78 is 9.86. The maximum atomic E-state index is 10.9. The Morgan fingerprint density at radius 3 is 2.14 bits per heavy atom. The third-order valence-corrected chi connectivity index (χ3v) is 3.22. The topological polar surface area (TPSA) is 35.5 Å². The van der Waals surface area contributed by atoms with Crippen molar-refractivity contribution in [2.75, 3.05) is 7.11 Å². The Labute approximate surface area is 128 Å². The minimum atomic E-state index is -0.432. The Balaban J connectivity index is 2.74. The lowest BCUT2D eigenvalue weighted by molar-refractivity contribution is -0.134. The summed E-state index contributed by atoms with van der Waals surface area (Å²) in [5.41, 5.74) is 1.67. The first kappa shape index (κ1) is 17.3. The highest BCUT2D eigenvalue weighted by atomic mass is 16.5. The lowest BCUT2D eigenvalue weighted by atomic mass is 9.72. The number of ether oxygens (including phenoxy) is 2. The highest BCUT2D eigenvalue weighted by Gasteiger charge is 2.27. The van der Waals surface area contributed by atoms with Gasteiger partial charge in [-0.05, 0) is 34.9 Å². The summed E-state index contributed by atoms with van der Waals surface area (Å²) in [5, 5.41) is 0. The van der Waals surface area contributed by atoms with Crippen molar-refractivity contribution in [1.82, 2.24) is 0 Å². The Kier molecular flexibility index (Phi) is 5.59. The second kappa shape index (κ2) is 6.79. The molecule has 0 spiro atoms. The van der Waals surface area contributed by atoms with E-state index in [-0.39, 0.29) is 10.8 Å². The lowest BCUT2D eigenvalue weighted by Gasteiger charge is -2.33. The molecule has 0 aliphatic rings. The molecule has 0 N–H and O–H groups in total. The fourth-order valence-corrected chi connectivity index (χ4v) is 2.65. The van der Waals surface area contributed by atoms with Crippen LogP contribution >= 0.6 is 0 Å². The Bertz CT molecular complexity index is 490. The van der Waals surface area contributed by atoms with E-state index in [0.717, 1.165) is 6.42 Å². The van der Waals surface area contributed by atoms with Crippen molar-refractivity contribution < 1.29 is 14.3 Å². The third-order valence-electron chi connectivity index (χ3n) is 3.22. The smallest absolute Gasteiger partial charge is 0.333 e. The molecule has 0 bridgehead atoms. The average molecular weight is 290 g/mol. The number of benzene rings is 1. The van der Waals surface area contributed by atoms with E-state index in [0.29, 0.717) is 5.75 Å². The molecule has 0 aliphatic heterocycles. The molecule has 3 heteroatoms. The second-order valence-electron chi connectivity index (χ2n) is 7.09. The molecule has 1 aromatic carbocycles. The van der Waals surface area contributed by atoms with Crippen LogP contribution in [0.1, 0.15) is 46.6 Å². The van der Waals surface area contributed by atoms with Crippen molar-refractivity contribution in [1.29, 1.82) is 0 Å². The minimum absolute atomic E-state index is 0.110. The van der Waals surface area contributed by atoms with Gasteiger partial charge in [0.25, 0.3) is 0 Å². The average Bonchev–Trinajstić information content (AvgIpc) is 2.36. The molecule has 116 valence electrons. The predicted molar refractivity (Wildman–Crippen MR) is 85.3 cm³/mol. The van der Waals surface area contributed by atoms with Crippen molar-refractivity contribution in [2.24, 2.45) is 5.41 Å². The molecular formula is C18H26O3. The van der Waals surface area contributed by atoms with Gasteiger partial charge in [0.05, 0.1) is 19.4 Å². The molecule has 3 nitrogen and oxygen atoms in total. The van der Waals surface area contributed by atoms with Crippen molar-refractivity contribution in [2.45, 2.75) is 46.5 Å². The molecule has 0 aromatic heterocycles. The van der Waals surface area contributed by atoms with Crippen molar-refractivity contribution in [3.8, 4) is 5.75 Å². The summed E-state index contributed by atoms with van der Waals surface area (Å²) in [6.45, 7) is 11.3. The maximum Gasteiger partial charge on any atom is 0.333 e. The summed E-state index contributed by atoms with van der Waals surface area (Å²) in [6.07, 6.45) is 3.68. The summed E-state index contributed by atoms with van der Waals surface area (Å²) in [6, 6.07) is 7.99. The molecule has 0 atom stereocenters. The van der Waals surface area contributed by atoms with Gasteiger partial charge in [-0.3, -0.25) is 0 Å². The van der Waals surface area contributed by atoms with E-state index in [1.165, 1.54) is 25.0 Å². The van der Waals surface area contributed by atoms with Crippen LogP contribution in [0.5, 0.6) is 5.75 Å². The molecule has 0 unspecified atom stereocenters. The van der Waals surface area contributed by atoms with Crippen LogP contribution in [0.2, 0.25) is 0 Å². The maximum absolute atomic E-state index is 10.9. The van der Waals surface area contributed by atoms with Crippen LogP contribution < -0.4 is 4.74 Å². The molecule has 0 aliphatic carbocycles. The van der Waals surface area contributed by atoms with Crippen LogP contribution in [0, 0.1) is 5.41 Å². The fourth-order valence-electron chi connectivity index (χ4n) is 2.65. The van der Waals surface area contributed by atoms with Gasteiger partial charge in [-0.2, -0.15) is 0 Å². The largest absolute Gasteiger partial charge is 0.466 e. The van der Waals surface area contributed by atoms with Gasteiger partial charge in [-0.1, -0.05) is 46.8 Å². The zero-order valence-electron chi connectivity index (χ0n) is 13.9. The number of rotatable bonds is 5. The molecule has 0 amide bonds.